The molecule has 0 amide bonds. The molecule has 2 heteroatoms. The molecule has 1 aliphatic carbocycles. The Morgan fingerprint density at radius 1 is 0.941 bits per heavy atom. The van der Waals surface area contributed by atoms with Crippen LogP contribution in [0.2, 0.25) is 0 Å². The summed E-state index contributed by atoms with van der Waals surface area (Å²) in [5, 5.41) is 3.94. The summed E-state index contributed by atoms with van der Waals surface area (Å²) in [6, 6.07) is 1.62. The fourth-order valence-electron chi connectivity index (χ4n) is 3.46. The van der Waals surface area contributed by atoms with Crippen molar-refractivity contribution in [2.75, 3.05) is 20.1 Å². The van der Waals surface area contributed by atoms with Crippen molar-refractivity contribution >= 4 is 0 Å². The molecular formula is C15H30N2. The van der Waals surface area contributed by atoms with E-state index in [9.17, 15) is 0 Å². The lowest BCUT2D eigenvalue weighted by Gasteiger charge is -2.32. The van der Waals surface area contributed by atoms with E-state index in [0.29, 0.717) is 0 Å². The van der Waals surface area contributed by atoms with Crippen LogP contribution < -0.4 is 5.32 Å². The third kappa shape index (κ3) is 4.26. The zero-order valence-corrected chi connectivity index (χ0v) is 11.8. The highest BCUT2D eigenvalue weighted by Gasteiger charge is 2.22. The van der Waals surface area contributed by atoms with E-state index in [-0.39, 0.29) is 0 Å². The van der Waals surface area contributed by atoms with Crippen LogP contribution in [0.1, 0.15) is 58.3 Å². The van der Waals surface area contributed by atoms with E-state index in [1.807, 2.05) is 0 Å². The van der Waals surface area contributed by atoms with Gasteiger partial charge in [0.05, 0.1) is 0 Å². The fourth-order valence-corrected chi connectivity index (χ4v) is 3.46. The van der Waals surface area contributed by atoms with Gasteiger partial charge in [-0.3, -0.25) is 0 Å². The molecule has 2 unspecified atom stereocenters. The second-order valence-corrected chi connectivity index (χ2v) is 6.22. The fraction of sp³-hybridized carbons (Fsp3) is 1.00. The first-order valence-corrected chi connectivity index (χ1v) is 7.72. The van der Waals surface area contributed by atoms with Crippen LogP contribution in [0.25, 0.3) is 0 Å². The molecule has 0 bridgehead atoms. The Morgan fingerprint density at radius 3 is 2.35 bits per heavy atom. The molecule has 0 aromatic heterocycles. The van der Waals surface area contributed by atoms with Crippen molar-refractivity contribution < 1.29 is 0 Å². The Kier molecular flexibility index (Phi) is 5.30. The molecule has 0 spiro atoms. The molecule has 0 aromatic rings. The summed E-state index contributed by atoms with van der Waals surface area (Å²) in [7, 11) is 2.24. The summed E-state index contributed by atoms with van der Waals surface area (Å²) in [6.07, 6.45) is 11.3. The van der Waals surface area contributed by atoms with Gasteiger partial charge in [-0.1, -0.05) is 26.2 Å². The summed E-state index contributed by atoms with van der Waals surface area (Å²) in [5.41, 5.74) is 0. The number of hydrogen-bond donors (Lipinski definition) is 1. The van der Waals surface area contributed by atoms with E-state index in [0.717, 1.165) is 18.0 Å². The van der Waals surface area contributed by atoms with Gasteiger partial charge in [0.2, 0.25) is 0 Å². The number of nitrogens with zero attached hydrogens (tertiary/aromatic N) is 1. The topological polar surface area (TPSA) is 15.3 Å². The highest BCUT2D eigenvalue weighted by Crippen LogP contribution is 2.26. The normalized spacial score (nSPS) is 33.5. The van der Waals surface area contributed by atoms with Gasteiger partial charge in [-0.15, -0.1) is 0 Å². The van der Waals surface area contributed by atoms with Crippen molar-refractivity contribution in [2.45, 2.75) is 70.4 Å². The van der Waals surface area contributed by atoms with E-state index in [4.69, 9.17) is 0 Å². The lowest BCUT2D eigenvalue weighted by atomic mass is 9.97. The van der Waals surface area contributed by atoms with Crippen molar-refractivity contribution in [3.8, 4) is 0 Å². The van der Waals surface area contributed by atoms with Gasteiger partial charge in [-0.25, -0.2) is 0 Å². The number of likely N-dealkylation sites (tertiary alicyclic amines) is 1. The first-order chi connectivity index (χ1) is 8.28. The van der Waals surface area contributed by atoms with Crippen LogP contribution >= 0.6 is 0 Å². The maximum atomic E-state index is 3.94. The molecule has 1 saturated carbocycles. The Labute approximate surface area is 107 Å². The SMILES string of the molecule is CCC1CCCC(NC2CCN(C)CC2)CC1. The van der Waals surface area contributed by atoms with Crippen LogP contribution in [-0.2, 0) is 0 Å². The van der Waals surface area contributed by atoms with Crippen molar-refractivity contribution in [1.29, 1.82) is 0 Å². The van der Waals surface area contributed by atoms with Gasteiger partial charge in [0.25, 0.3) is 0 Å². The van der Waals surface area contributed by atoms with Crippen LogP contribution in [-0.4, -0.2) is 37.1 Å². The van der Waals surface area contributed by atoms with Crippen LogP contribution in [0.4, 0.5) is 0 Å². The highest BCUT2D eigenvalue weighted by atomic mass is 15.1. The average molecular weight is 238 g/mol. The highest BCUT2D eigenvalue weighted by molar-refractivity contribution is 4.81. The molecule has 0 radical (unpaired) electrons. The average Bonchev–Trinajstić information content (AvgIpc) is 2.57. The van der Waals surface area contributed by atoms with Gasteiger partial charge >= 0.3 is 0 Å². The summed E-state index contributed by atoms with van der Waals surface area (Å²) in [6.45, 7) is 4.92. The van der Waals surface area contributed by atoms with Crippen molar-refractivity contribution in [1.82, 2.24) is 10.2 Å². The molecule has 2 atom stereocenters. The van der Waals surface area contributed by atoms with Crippen molar-refractivity contribution in [3.63, 3.8) is 0 Å². The lowest BCUT2D eigenvalue weighted by Crippen LogP contribution is -2.45. The van der Waals surface area contributed by atoms with Crippen LogP contribution in [0.15, 0.2) is 0 Å². The Morgan fingerprint density at radius 2 is 1.65 bits per heavy atom. The van der Waals surface area contributed by atoms with Gasteiger partial charge in [-0.2, -0.15) is 0 Å². The molecule has 1 heterocycles. The maximum Gasteiger partial charge on any atom is 0.00939 e. The second kappa shape index (κ2) is 6.75. The summed E-state index contributed by atoms with van der Waals surface area (Å²) < 4.78 is 0. The van der Waals surface area contributed by atoms with Crippen molar-refractivity contribution in [3.05, 3.63) is 0 Å². The minimum atomic E-state index is 0.800. The van der Waals surface area contributed by atoms with E-state index in [2.05, 4.69) is 24.2 Å². The second-order valence-electron chi connectivity index (χ2n) is 6.22. The summed E-state index contributed by atoms with van der Waals surface area (Å²) >= 11 is 0. The molecule has 1 aliphatic heterocycles. The van der Waals surface area contributed by atoms with E-state index in [1.54, 1.807) is 0 Å². The zero-order valence-electron chi connectivity index (χ0n) is 11.8. The standard InChI is InChI=1S/C15H30N2/c1-3-13-5-4-6-14(8-7-13)16-15-9-11-17(2)12-10-15/h13-16H,3-12H2,1-2H3. The van der Waals surface area contributed by atoms with Gasteiger partial charge < -0.3 is 10.2 Å². The number of piperidine rings is 1. The predicted octanol–water partition coefficient (Wildman–Crippen LogP) is 3.03. The minimum absolute atomic E-state index is 0.800. The predicted molar refractivity (Wildman–Crippen MR) is 74.3 cm³/mol. The summed E-state index contributed by atoms with van der Waals surface area (Å²) in [5.74, 6) is 1.01. The molecular weight excluding hydrogens is 208 g/mol. The van der Waals surface area contributed by atoms with Crippen LogP contribution in [0, 0.1) is 5.92 Å². The smallest absolute Gasteiger partial charge is 0.00939 e. The molecule has 1 saturated heterocycles. The van der Waals surface area contributed by atoms with Crippen molar-refractivity contribution in [2.24, 2.45) is 5.92 Å². The molecule has 100 valence electrons. The molecule has 1 N–H and O–H groups in total. The van der Waals surface area contributed by atoms with Gasteiger partial charge in [0, 0.05) is 12.1 Å². The first kappa shape index (κ1) is 13.4. The minimum Gasteiger partial charge on any atom is -0.311 e. The molecule has 17 heavy (non-hydrogen) atoms. The molecule has 2 nitrogen and oxygen atoms in total. The Hall–Kier alpha value is -0.0800. The van der Waals surface area contributed by atoms with Gasteiger partial charge in [0.1, 0.15) is 0 Å². The maximum absolute atomic E-state index is 3.94. The summed E-state index contributed by atoms with van der Waals surface area (Å²) in [4.78, 5) is 2.46. The van der Waals surface area contributed by atoms with Crippen LogP contribution in [0.3, 0.4) is 0 Å². The van der Waals surface area contributed by atoms with Gasteiger partial charge in [0.15, 0.2) is 0 Å². The quantitative estimate of drug-likeness (QED) is 0.760. The lowest BCUT2D eigenvalue weighted by molar-refractivity contribution is 0.220. The van der Waals surface area contributed by atoms with E-state index >= 15 is 0 Å². The number of hydrogen-bond acceptors (Lipinski definition) is 2. The first-order valence-electron chi connectivity index (χ1n) is 7.72. The molecule has 2 rings (SSSR count). The largest absolute Gasteiger partial charge is 0.311 e. The molecule has 2 aliphatic rings. The Bertz CT molecular complexity index is 209. The number of nitrogens with one attached hydrogen (secondary N) is 1. The van der Waals surface area contributed by atoms with E-state index < -0.39 is 0 Å². The third-order valence-electron chi connectivity index (χ3n) is 4.86. The monoisotopic (exact) mass is 238 g/mol. The molecule has 2 fully saturated rings. The molecule has 0 aromatic carbocycles. The van der Waals surface area contributed by atoms with E-state index in [1.165, 1.54) is 64.5 Å². The van der Waals surface area contributed by atoms with Gasteiger partial charge in [-0.05, 0) is 58.2 Å². The Balaban J connectivity index is 1.71. The number of rotatable bonds is 3. The third-order valence-corrected chi connectivity index (χ3v) is 4.86. The van der Waals surface area contributed by atoms with Crippen LogP contribution in [0.5, 0.6) is 0 Å². The zero-order chi connectivity index (χ0) is 12.1.